The number of ether oxygens (including phenoxy) is 1. The highest BCUT2D eigenvalue weighted by Gasteiger charge is 2.19. The van der Waals surface area contributed by atoms with E-state index in [9.17, 15) is 14.5 Å². The lowest BCUT2D eigenvalue weighted by Gasteiger charge is -2.26. The van der Waals surface area contributed by atoms with Crippen LogP contribution < -0.4 is 10.1 Å². The van der Waals surface area contributed by atoms with E-state index >= 15 is 0 Å². The number of hydrogen-bond acceptors (Lipinski definition) is 5. The van der Waals surface area contributed by atoms with E-state index in [1.165, 1.54) is 32.4 Å². The number of rotatable bonds is 6. The molecule has 1 aliphatic heterocycles. The van der Waals surface area contributed by atoms with Crippen LogP contribution in [0.15, 0.2) is 12.1 Å². The molecule has 1 aromatic carbocycles. The fourth-order valence-corrected chi connectivity index (χ4v) is 2.52. The molecule has 2 rings (SSSR count). The summed E-state index contributed by atoms with van der Waals surface area (Å²) < 4.78 is 18.8. The van der Waals surface area contributed by atoms with Gasteiger partial charge in [-0.2, -0.15) is 0 Å². The Balaban J connectivity index is 1.97. The third kappa shape index (κ3) is 4.04. The molecular formula is C14H20FN3O3. The third-order valence-corrected chi connectivity index (χ3v) is 3.66. The van der Waals surface area contributed by atoms with E-state index in [4.69, 9.17) is 4.74 Å². The number of nitro groups is 1. The van der Waals surface area contributed by atoms with Crippen molar-refractivity contribution >= 4 is 11.4 Å². The monoisotopic (exact) mass is 297 g/mol. The second kappa shape index (κ2) is 7.21. The topological polar surface area (TPSA) is 67.6 Å². The number of likely N-dealkylation sites (tertiary alicyclic amines) is 1. The Bertz CT molecular complexity index is 504. The maximum Gasteiger partial charge on any atom is 0.313 e. The van der Waals surface area contributed by atoms with Gasteiger partial charge in [0.05, 0.1) is 23.8 Å². The van der Waals surface area contributed by atoms with Crippen molar-refractivity contribution in [2.24, 2.45) is 0 Å². The van der Waals surface area contributed by atoms with Crippen molar-refractivity contribution in [2.75, 3.05) is 38.6 Å². The molecule has 0 radical (unpaired) electrons. The number of piperidine rings is 1. The summed E-state index contributed by atoms with van der Waals surface area (Å²) in [5.74, 6) is -0.581. The van der Waals surface area contributed by atoms with E-state index in [0.717, 1.165) is 25.7 Å². The zero-order valence-electron chi connectivity index (χ0n) is 12.1. The number of nitrogens with one attached hydrogen (secondary N) is 1. The predicted molar refractivity (Wildman–Crippen MR) is 78.4 cm³/mol. The van der Waals surface area contributed by atoms with Gasteiger partial charge in [0.1, 0.15) is 0 Å². The second-order valence-corrected chi connectivity index (χ2v) is 5.09. The van der Waals surface area contributed by atoms with Crippen molar-refractivity contribution in [3.8, 4) is 5.75 Å². The van der Waals surface area contributed by atoms with Gasteiger partial charge in [0, 0.05) is 19.2 Å². The van der Waals surface area contributed by atoms with Crippen LogP contribution in [0, 0.1) is 15.9 Å². The molecule has 0 amide bonds. The first-order valence-electron chi connectivity index (χ1n) is 7.10. The molecule has 1 heterocycles. The molecule has 1 saturated heterocycles. The summed E-state index contributed by atoms with van der Waals surface area (Å²) in [7, 11) is 1.33. The van der Waals surface area contributed by atoms with Crippen molar-refractivity contribution in [1.29, 1.82) is 0 Å². The summed E-state index contributed by atoms with van der Waals surface area (Å²) in [4.78, 5) is 12.5. The number of benzene rings is 1. The van der Waals surface area contributed by atoms with Crippen LogP contribution in [0.2, 0.25) is 0 Å². The summed E-state index contributed by atoms with van der Waals surface area (Å²) in [5, 5.41) is 13.8. The van der Waals surface area contributed by atoms with Crippen LogP contribution in [0.4, 0.5) is 15.8 Å². The molecule has 0 unspecified atom stereocenters. The molecule has 1 fully saturated rings. The first kappa shape index (κ1) is 15.5. The Morgan fingerprint density at radius 3 is 2.71 bits per heavy atom. The molecule has 116 valence electrons. The first-order valence-corrected chi connectivity index (χ1v) is 7.10. The summed E-state index contributed by atoms with van der Waals surface area (Å²) >= 11 is 0. The highest BCUT2D eigenvalue weighted by Crippen LogP contribution is 2.32. The lowest BCUT2D eigenvalue weighted by Crippen LogP contribution is -2.33. The highest BCUT2D eigenvalue weighted by atomic mass is 19.1. The molecule has 0 aromatic heterocycles. The van der Waals surface area contributed by atoms with Crippen molar-refractivity contribution in [2.45, 2.75) is 19.3 Å². The number of nitro benzene ring substituents is 1. The zero-order chi connectivity index (χ0) is 15.2. The minimum absolute atomic E-state index is 0.0573. The van der Waals surface area contributed by atoms with Gasteiger partial charge in [-0.3, -0.25) is 10.1 Å². The summed E-state index contributed by atoms with van der Waals surface area (Å²) in [6, 6.07) is 2.23. The van der Waals surface area contributed by atoms with E-state index in [1.807, 2.05) is 0 Å². The molecule has 0 aliphatic carbocycles. The van der Waals surface area contributed by atoms with Crippen LogP contribution in [0.3, 0.4) is 0 Å². The number of methoxy groups -OCH3 is 1. The SMILES string of the molecule is COc1cc(NCCN2CCCCC2)c(F)cc1[N+](=O)[O-]. The molecule has 0 bridgehead atoms. The van der Waals surface area contributed by atoms with Crippen LogP contribution in [0.1, 0.15) is 19.3 Å². The maximum absolute atomic E-state index is 13.9. The number of anilines is 1. The Hall–Kier alpha value is -1.89. The van der Waals surface area contributed by atoms with Crippen LogP contribution in [-0.2, 0) is 0 Å². The minimum Gasteiger partial charge on any atom is -0.490 e. The molecule has 0 atom stereocenters. The lowest BCUT2D eigenvalue weighted by molar-refractivity contribution is -0.385. The fourth-order valence-electron chi connectivity index (χ4n) is 2.52. The van der Waals surface area contributed by atoms with E-state index in [1.54, 1.807) is 0 Å². The molecule has 21 heavy (non-hydrogen) atoms. The van der Waals surface area contributed by atoms with Crippen LogP contribution >= 0.6 is 0 Å². The van der Waals surface area contributed by atoms with Crippen LogP contribution in [0.25, 0.3) is 0 Å². The Morgan fingerprint density at radius 1 is 1.38 bits per heavy atom. The van der Waals surface area contributed by atoms with Crippen molar-refractivity contribution in [3.05, 3.63) is 28.1 Å². The standard InChI is InChI=1S/C14H20FN3O3/c1-21-14-10-12(11(15)9-13(14)18(19)20)16-5-8-17-6-3-2-4-7-17/h9-10,16H,2-8H2,1H3. The van der Waals surface area contributed by atoms with Gasteiger partial charge >= 0.3 is 5.69 Å². The van der Waals surface area contributed by atoms with E-state index < -0.39 is 10.7 Å². The summed E-state index contributed by atoms with van der Waals surface area (Å²) in [6.07, 6.45) is 3.69. The molecule has 7 heteroatoms. The minimum atomic E-state index is -0.653. The summed E-state index contributed by atoms with van der Waals surface area (Å²) in [6.45, 7) is 3.58. The fraction of sp³-hybridized carbons (Fsp3) is 0.571. The molecule has 1 aliphatic rings. The smallest absolute Gasteiger partial charge is 0.313 e. The first-order chi connectivity index (χ1) is 10.1. The molecule has 0 spiro atoms. The van der Waals surface area contributed by atoms with Crippen molar-refractivity contribution < 1.29 is 14.1 Å². The number of halogens is 1. The zero-order valence-corrected chi connectivity index (χ0v) is 12.1. The second-order valence-electron chi connectivity index (χ2n) is 5.09. The molecular weight excluding hydrogens is 277 g/mol. The van der Waals surface area contributed by atoms with E-state index in [0.29, 0.717) is 6.54 Å². The summed E-state index contributed by atoms with van der Waals surface area (Å²) in [5.41, 5.74) is -0.133. The van der Waals surface area contributed by atoms with Gasteiger partial charge in [-0.15, -0.1) is 0 Å². The lowest BCUT2D eigenvalue weighted by atomic mass is 10.1. The van der Waals surface area contributed by atoms with Crippen molar-refractivity contribution in [1.82, 2.24) is 4.90 Å². The van der Waals surface area contributed by atoms with E-state index in [2.05, 4.69) is 10.2 Å². The van der Waals surface area contributed by atoms with Gasteiger partial charge in [0.15, 0.2) is 11.6 Å². The number of hydrogen-bond donors (Lipinski definition) is 1. The van der Waals surface area contributed by atoms with Crippen LogP contribution in [0.5, 0.6) is 5.75 Å². The van der Waals surface area contributed by atoms with Crippen LogP contribution in [-0.4, -0.2) is 43.1 Å². The quantitative estimate of drug-likeness (QED) is 0.646. The van der Waals surface area contributed by atoms with Gasteiger partial charge in [0.25, 0.3) is 0 Å². The average Bonchev–Trinajstić information content (AvgIpc) is 2.49. The normalized spacial score (nSPS) is 15.7. The Morgan fingerprint density at radius 2 is 2.10 bits per heavy atom. The van der Waals surface area contributed by atoms with Gasteiger partial charge in [-0.1, -0.05) is 6.42 Å². The molecule has 0 saturated carbocycles. The average molecular weight is 297 g/mol. The number of nitrogens with zero attached hydrogens (tertiary/aromatic N) is 2. The highest BCUT2D eigenvalue weighted by molar-refractivity contribution is 5.59. The van der Waals surface area contributed by atoms with E-state index in [-0.39, 0.29) is 17.1 Å². The predicted octanol–water partition coefficient (Wildman–Crippen LogP) is 2.64. The van der Waals surface area contributed by atoms with Gasteiger partial charge in [0.2, 0.25) is 0 Å². The molecule has 1 N–H and O–H groups in total. The molecule has 1 aromatic rings. The maximum atomic E-state index is 13.9. The van der Waals surface area contributed by atoms with Gasteiger partial charge in [-0.25, -0.2) is 4.39 Å². The van der Waals surface area contributed by atoms with Gasteiger partial charge < -0.3 is 15.0 Å². The largest absolute Gasteiger partial charge is 0.490 e. The van der Waals surface area contributed by atoms with Crippen molar-refractivity contribution in [3.63, 3.8) is 0 Å². The Kier molecular flexibility index (Phi) is 5.32. The van der Waals surface area contributed by atoms with Gasteiger partial charge in [-0.05, 0) is 25.9 Å². The third-order valence-electron chi connectivity index (χ3n) is 3.66. The Labute approximate surface area is 123 Å². The molecule has 6 nitrogen and oxygen atoms in total.